The van der Waals surface area contributed by atoms with Gasteiger partial charge >= 0.3 is 0 Å². The third-order valence-corrected chi connectivity index (χ3v) is 5.02. The summed E-state index contributed by atoms with van der Waals surface area (Å²) in [5.41, 5.74) is 3.03. The Morgan fingerprint density at radius 3 is 2.59 bits per heavy atom. The highest BCUT2D eigenvalue weighted by Gasteiger charge is 2.17. The van der Waals surface area contributed by atoms with E-state index in [2.05, 4.69) is 54.6 Å². The first-order valence-corrected chi connectivity index (χ1v) is 7.79. The highest BCUT2D eigenvalue weighted by Crippen LogP contribution is 2.39. The minimum atomic E-state index is 0.916. The molecule has 0 fully saturated rings. The standard InChI is InChI=1S/C21H16O/c1-22-16-7-10-17-14(11-16)6-8-18-19-9-5-13-3-2-4-15(21(13)19)12-20(17)18/h2-4,6-8,10-12H,5,9H2,1H3. The van der Waals surface area contributed by atoms with Crippen LogP contribution in [0.3, 0.4) is 0 Å². The number of ether oxygens (including phenoxy) is 1. The van der Waals surface area contributed by atoms with Crippen LogP contribution >= 0.6 is 0 Å². The number of benzene rings is 4. The molecule has 5 rings (SSSR count). The molecule has 0 radical (unpaired) electrons. The van der Waals surface area contributed by atoms with Gasteiger partial charge in [0.1, 0.15) is 5.75 Å². The first-order valence-electron chi connectivity index (χ1n) is 7.79. The van der Waals surface area contributed by atoms with Crippen molar-refractivity contribution < 1.29 is 4.74 Å². The fourth-order valence-electron chi connectivity index (χ4n) is 4.00. The fraction of sp³-hybridized carbons (Fsp3) is 0.143. The van der Waals surface area contributed by atoms with Gasteiger partial charge in [-0.05, 0) is 74.5 Å². The second-order valence-electron chi connectivity index (χ2n) is 6.12. The van der Waals surface area contributed by atoms with Crippen LogP contribution < -0.4 is 4.74 Å². The molecular formula is C21H16O. The van der Waals surface area contributed by atoms with Gasteiger partial charge in [0.05, 0.1) is 7.11 Å². The van der Waals surface area contributed by atoms with Gasteiger partial charge in [-0.1, -0.05) is 36.4 Å². The predicted molar refractivity (Wildman–Crippen MR) is 92.9 cm³/mol. The number of methoxy groups -OCH3 is 1. The van der Waals surface area contributed by atoms with Crippen molar-refractivity contribution in [2.24, 2.45) is 0 Å². The van der Waals surface area contributed by atoms with Crippen LogP contribution in [0.4, 0.5) is 0 Å². The van der Waals surface area contributed by atoms with Gasteiger partial charge in [0, 0.05) is 0 Å². The molecule has 0 bridgehead atoms. The summed E-state index contributed by atoms with van der Waals surface area (Å²) in [4.78, 5) is 0. The lowest BCUT2D eigenvalue weighted by molar-refractivity contribution is 0.415. The average molecular weight is 284 g/mol. The van der Waals surface area contributed by atoms with E-state index in [9.17, 15) is 0 Å². The first-order chi connectivity index (χ1) is 10.8. The molecule has 0 amide bonds. The molecule has 0 unspecified atom stereocenters. The SMILES string of the molecule is COc1ccc2c(ccc3c4c5c(cccc5cc32)CC4)c1. The second-order valence-corrected chi connectivity index (χ2v) is 6.12. The van der Waals surface area contributed by atoms with Gasteiger partial charge in [-0.2, -0.15) is 0 Å². The molecule has 1 aliphatic rings. The van der Waals surface area contributed by atoms with Crippen molar-refractivity contribution in [3.63, 3.8) is 0 Å². The first kappa shape index (κ1) is 12.0. The third-order valence-electron chi connectivity index (χ3n) is 5.02. The van der Waals surface area contributed by atoms with Crippen LogP contribution in [0.25, 0.3) is 32.3 Å². The topological polar surface area (TPSA) is 9.23 Å². The van der Waals surface area contributed by atoms with Crippen LogP contribution in [0.15, 0.2) is 54.6 Å². The van der Waals surface area contributed by atoms with E-state index < -0.39 is 0 Å². The van der Waals surface area contributed by atoms with Crippen LogP contribution in [0, 0.1) is 0 Å². The van der Waals surface area contributed by atoms with E-state index in [0.717, 1.165) is 12.2 Å². The molecule has 1 nitrogen and oxygen atoms in total. The monoisotopic (exact) mass is 284 g/mol. The largest absolute Gasteiger partial charge is 0.497 e. The zero-order valence-corrected chi connectivity index (χ0v) is 12.5. The van der Waals surface area contributed by atoms with Gasteiger partial charge in [0.25, 0.3) is 0 Å². The number of aryl methyl sites for hydroxylation is 2. The summed E-state index contributed by atoms with van der Waals surface area (Å²) in [5, 5.41) is 8.20. The molecule has 0 saturated carbocycles. The Morgan fingerprint density at radius 1 is 0.773 bits per heavy atom. The van der Waals surface area contributed by atoms with E-state index in [1.165, 1.54) is 49.9 Å². The number of rotatable bonds is 1. The average Bonchev–Trinajstić information content (AvgIpc) is 3.00. The molecule has 0 saturated heterocycles. The lowest BCUT2D eigenvalue weighted by atomic mass is 9.94. The van der Waals surface area contributed by atoms with Crippen molar-refractivity contribution in [1.29, 1.82) is 0 Å². The smallest absolute Gasteiger partial charge is 0.119 e. The highest BCUT2D eigenvalue weighted by molar-refractivity contribution is 6.15. The van der Waals surface area contributed by atoms with Crippen molar-refractivity contribution in [2.75, 3.05) is 7.11 Å². The molecule has 0 N–H and O–H groups in total. The molecule has 0 aliphatic heterocycles. The lowest BCUT2D eigenvalue weighted by Crippen LogP contribution is -1.87. The highest BCUT2D eigenvalue weighted by atomic mass is 16.5. The van der Waals surface area contributed by atoms with Crippen LogP contribution in [0.1, 0.15) is 11.1 Å². The minimum absolute atomic E-state index is 0.916. The zero-order valence-electron chi connectivity index (χ0n) is 12.5. The van der Waals surface area contributed by atoms with Crippen LogP contribution in [0.5, 0.6) is 5.75 Å². The van der Waals surface area contributed by atoms with Gasteiger partial charge < -0.3 is 4.74 Å². The Labute approximate surface area is 129 Å². The molecule has 0 aromatic heterocycles. The number of fused-ring (bicyclic) bond motifs is 4. The number of hydrogen-bond acceptors (Lipinski definition) is 1. The molecule has 0 spiro atoms. The normalized spacial score (nSPS) is 13.3. The van der Waals surface area contributed by atoms with Gasteiger partial charge in [-0.15, -0.1) is 0 Å². The molecule has 0 atom stereocenters. The molecular weight excluding hydrogens is 268 g/mol. The van der Waals surface area contributed by atoms with Crippen LogP contribution in [-0.2, 0) is 12.8 Å². The summed E-state index contributed by atoms with van der Waals surface area (Å²) in [6.45, 7) is 0. The minimum Gasteiger partial charge on any atom is -0.497 e. The Kier molecular flexibility index (Phi) is 2.32. The molecule has 0 heterocycles. The molecule has 106 valence electrons. The number of hydrogen-bond donors (Lipinski definition) is 0. The van der Waals surface area contributed by atoms with E-state index in [0.29, 0.717) is 0 Å². The Hall–Kier alpha value is -2.54. The maximum Gasteiger partial charge on any atom is 0.119 e. The van der Waals surface area contributed by atoms with Gasteiger partial charge in [-0.3, -0.25) is 0 Å². The van der Waals surface area contributed by atoms with E-state index >= 15 is 0 Å². The van der Waals surface area contributed by atoms with Crippen LogP contribution in [-0.4, -0.2) is 7.11 Å². The van der Waals surface area contributed by atoms with Crippen molar-refractivity contribution in [3.8, 4) is 5.75 Å². The summed E-state index contributed by atoms with van der Waals surface area (Å²) < 4.78 is 5.36. The van der Waals surface area contributed by atoms with E-state index in [4.69, 9.17) is 4.74 Å². The molecule has 4 aromatic carbocycles. The maximum absolute atomic E-state index is 5.36. The van der Waals surface area contributed by atoms with Gasteiger partial charge in [0.2, 0.25) is 0 Å². The lowest BCUT2D eigenvalue weighted by Gasteiger charge is -2.11. The quantitative estimate of drug-likeness (QED) is 0.342. The van der Waals surface area contributed by atoms with Gasteiger partial charge in [-0.25, -0.2) is 0 Å². The van der Waals surface area contributed by atoms with Crippen molar-refractivity contribution in [3.05, 3.63) is 65.7 Å². The molecule has 22 heavy (non-hydrogen) atoms. The summed E-state index contributed by atoms with van der Waals surface area (Å²) in [6.07, 6.45) is 2.33. The Balaban J connectivity index is 1.98. The zero-order chi connectivity index (χ0) is 14.7. The van der Waals surface area contributed by atoms with Crippen LogP contribution in [0.2, 0.25) is 0 Å². The van der Waals surface area contributed by atoms with E-state index in [-0.39, 0.29) is 0 Å². The summed E-state index contributed by atoms with van der Waals surface area (Å²) in [7, 11) is 1.72. The third kappa shape index (κ3) is 1.48. The Bertz CT molecular complexity index is 1060. The van der Waals surface area contributed by atoms with Crippen molar-refractivity contribution in [2.45, 2.75) is 12.8 Å². The summed E-state index contributed by atoms with van der Waals surface area (Å²) in [6, 6.07) is 19.9. The Morgan fingerprint density at radius 2 is 1.68 bits per heavy atom. The molecule has 1 heteroatoms. The van der Waals surface area contributed by atoms with Crippen molar-refractivity contribution in [1.82, 2.24) is 0 Å². The van der Waals surface area contributed by atoms with Gasteiger partial charge in [0.15, 0.2) is 0 Å². The van der Waals surface area contributed by atoms with E-state index in [1.54, 1.807) is 7.11 Å². The van der Waals surface area contributed by atoms with Crippen molar-refractivity contribution >= 4 is 32.3 Å². The fourth-order valence-corrected chi connectivity index (χ4v) is 4.00. The molecule has 4 aromatic rings. The van der Waals surface area contributed by atoms with E-state index in [1.807, 2.05) is 0 Å². The second kappa shape index (κ2) is 4.23. The molecule has 1 aliphatic carbocycles. The predicted octanol–water partition coefficient (Wildman–Crippen LogP) is 5.25. The summed E-state index contributed by atoms with van der Waals surface area (Å²) in [5.74, 6) is 0.916. The maximum atomic E-state index is 5.36. The summed E-state index contributed by atoms with van der Waals surface area (Å²) >= 11 is 0.